The van der Waals surface area contributed by atoms with Gasteiger partial charge in [-0.3, -0.25) is 4.79 Å². The van der Waals surface area contributed by atoms with Crippen LogP contribution < -0.4 is 10.1 Å². The van der Waals surface area contributed by atoms with E-state index in [0.717, 1.165) is 56.0 Å². The first-order chi connectivity index (χ1) is 13.0. The van der Waals surface area contributed by atoms with Crippen LogP contribution in [0.25, 0.3) is 11.0 Å². The Hall–Kier alpha value is -2.05. The largest absolute Gasteiger partial charge is 0.497 e. The molecule has 4 rings (SSSR count). The number of amides is 1. The van der Waals surface area contributed by atoms with Crippen molar-refractivity contribution in [1.29, 1.82) is 0 Å². The second kappa shape index (κ2) is 7.17. The molecule has 2 fully saturated rings. The minimum absolute atomic E-state index is 0.118. The van der Waals surface area contributed by atoms with Crippen LogP contribution in [0.2, 0.25) is 0 Å². The number of benzene rings is 1. The zero-order valence-electron chi connectivity index (χ0n) is 16.5. The van der Waals surface area contributed by atoms with E-state index in [9.17, 15) is 4.79 Å². The number of rotatable bonds is 6. The molecule has 1 amide bonds. The summed E-state index contributed by atoms with van der Waals surface area (Å²) in [6.07, 6.45) is 2.38. The lowest BCUT2D eigenvalue weighted by Crippen LogP contribution is -2.47. The molecule has 0 radical (unpaired) electrons. The maximum Gasteiger partial charge on any atom is 0.287 e. The number of piperazine rings is 1. The van der Waals surface area contributed by atoms with E-state index in [-0.39, 0.29) is 11.3 Å². The molecule has 6 heteroatoms. The van der Waals surface area contributed by atoms with Crippen LogP contribution >= 0.6 is 0 Å². The van der Waals surface area contributed by atoms with Crippen molar-refractivity contribution in [3.63, 3.8) is 0 Å². The third-order valence-corrected chi connectivity index (χ3v) is 6.09. The first-order valence-electron chi connectivity index (χ1n) is 9.76. The molecule has 146 valence electrons. The van der Waals surface area contributed by atoms with Crippen molar-refractivity contribution in [2.24, 2.45) is 5.41 Å². The van der Waals surface area contributed by atoms with Gasteiger partial charge >= 0.3 is 0 Å². The average Bonchev–Trinajstić information content (AvgIpc) is 3.37. The number of methoxy groups -OCH3 is 1. The summed E-state index contributed by atoms with van der Waals surface area (Å²) >= 11 is 0. The molecule has 1 N–H and O–H groups in total. The Balaban J connectivity index is 1.39. The van der Waals surface area contributed by atoms with Gasteiger partial charge in [0.25, 0.3) is 5.91 Å². The van der Waals surface area contributed by atoms with Gasteiger partial charge in [-0.25, -0.2) is 0 Å². The molecule has 1 aliphatic heterocycles. The summed E-state index contributed by atoms with van der Waals surface area (Å²) in [4.78, 5) is 17.7. The highest BCUT2D eigenvalue weighted by molar-refractivity contribution is 5.99. The molecule has 1 aromatic heterocycles. The Bertz CT molecular complexity index is 833. The van der Waals surface area contributed by atoms with Crippen LogP contribution in [-0.2, 0) is 0 Å². The van der Waals surface area contributed by atoms with Crippen molar-refractivity contribution in [2.45, 2.75) is 19.8 Å². The van der Waals surface area contributed by atoms with Crippen LogP contribution in [0.1, 0.15) is 29.0 Å². The molecule has 1 saturated heterocycles. The monoisotopic (exact) mass is 371 g/mol. The molecular weight excluding hydrogens is 342 g/mol. The Morgan fingerprint density at radius 3 is 2.67 bits per heavy atom. The van der Waals surface area contributed by atoms with Gasteiger partial charge in [0.2, 0.25) is 0 Å². The fraction of sp³-hybridized carbons (Fsp3) is 0.571. The standard InChI is InChI=1S/C21H29N3O3/c1-15-17-5-4-16(26-3)12-18(17)27-19(15)20(25)22-13-21(6-7-21)14-24-10-8-23(2)9-11-24/h4-5,12H,6-11,13-14H2,1-3H3,(H,22,25). The van der Waals surface area contributed by atoms with Gasteiger partial charge in [-0.1, -0.05) is 0 Å². The van der Waals surface area contributed by atoms with Crippen LogP contribution in [0.5, 0.6) is 5.75 Å². The molecule has 2 aliphatic rings. The number of hydrogen-bond acceptors (Lipinski definition) is 5. The molecular formula is C21H29N3O3. The SMILES string of the molecule is COc1ccc2c(C)c(C(=O)NCC3(CN4CCN(C)CC4)CC3)oc2c1. The molecule has 0 atom stereocenters. The highest BCUT2D eigenvalue weighted by Crippen LogP contribution is 2.45. The van der Waals surface area contributed by atoms with Crippen molar-refractivity contribution >= 4 is 16.9 Å². The Morgan fingerprint density at radius 1 is 1.26 bits per heavy atom. The van der Waals surface area contributed by atoms with Gasteiger partial charge in [0.05, 0.1) is 7.11 Å². The minimum Gasteiger partial charge on any atom is -0.497 e. The first kappa shape index (κ1) is 18.3. The molecule has 2 heterocycles. The minimum atomic E-state index is -0.118. The number of likely N-dealkylation sites (N-methyl/N-ethyl adjacent to an activating group) is 1. The number of aryl methyl sites for hydroxylation is 1. The number of carbonyl (C=O) groups is 1. The normalized spacial score (nSPS) is 20.0. The number of fused-ring (bicyclic) bond motifs is 1. The van der Waals surface area contributed by atoms with Gasteiger partial charge in [-0.05, 0) is 38.9 Å². The summed E-state index contributed by atoms with van der Waals surface area (Å²) in [6, 6.07) is 5.66. The van der Waals surface area contributed by atoms with E-state index >= 15 is 0 Å². The van der Waals surface area contributed by atoms with Gasteiger partial charge in [-0.2, -0.15) is 0 Å². The predicted octanol–water partition coefficient (Wildman–Crippen LogP) is 2.51. The molecule has 2 aromatic rings. The van der Waals surface area contributed by atoms with E-state index in [1.807, 2.05) is 25.1 Å². The van der Waals surface area contributed by atoms with Gasteiger partial charge in [0.1, 0.15) is 11.3 Å². The van der Waals surface area contributed by atoms with E-state index < -0.39 is 0 Å². The Labute approximate surface area is 160 Å². The molecule has 0 bridgehead atoms. The van der Waals surface area contributed by atoms with Crippen LogP contribution in [0.3, 0.4) is 0 Å². The lowest BCUT2D eigenvalue weighted by molar-refractivity contribution is 0.0901. The molecule has 1 aliphatic carbocycles. The summed E-state index contributed by atoms with van der Waals surface area (Å²) in [7, 11) is 3.80. The Morgan fingerprint density at radius 2 is 2.00 bits per heavy atom. The lowest BCUT2D eigenvalue weighted by Gasteiger charge is -2.34. The van der Waals surface area contributed by atoms with Crippen molar-refractivity contribution in [3.8, 4) is 5.75 Å². The number of nitrogens with one attached hydrogen (secondary N) is 1. The predicted molar refractivity (Wildman–Crippen MR) is 105 cm³/mol. The van der Waals surface area contributed by atoms with Crippen LogP contribution in [0.15, 0.2) is 22.6 Å². The zero-order valence-corrected chi connectivity index (χ0v) is 16.5. The lowest BCUT2D eigenvalue weighted by atomic mass is 10.1. The average molecular weight is 371 g/mol. The van der Waals surface area contributed by atoms with E-state index in [0.29, 0.717) is 11.3 Å². The summed E-state index contributed by atoms with van der Waals surface area (Å²) in [5, 5.41) is 4.09. The first-order valence-corrected chi connectivity index (χ1v) is 9.76. The molecule has 0 unspecified atom stereocenters. The third kappa shape index (κ3) is 3.82. The molecule has 1 saturated carbocycles. The van der Waals surface area contributed by atoms with Gasteiger partial charge in [-0.15, -0.1) is 0 Å². The van der Waals surface area contributed by atoms with Crippen LogP contribution in [0.4, 0.5) is 0 Å². The van der Waals surface area contributed by atoms with E-state index in [2.05, 4.69) is 22.2 Å². The van der Waals surface area contributed by atoms with Crippen LogP contribution in [0, 0.1) is 12.3 Å². The topological polar surface area (TPSA) is 58.0 Å². The fourth-order valence-electron chi connectivity index (χ4n) is 3.95. The highest BCUT2D eigenvalue weighted by atomic mass is 16.5. The molecule has 6 nitrogen and oxygen atoms in total. The van der Waals surface area contributed by atoms with Crippen molar-refractivity contribution in [2.75, 3.05) is 53.4 Å². The van der Waals surface area contributed by atoms with Gasteiger partial charge in [0, 0.05) is 61.7 Å². The quantitative estimate of drug-likeness (QED) is 0.846. The number of carbonyl (C=O) groups excluding carboxylic acids is 1. The fourth-order valence-corrected chi connectivity index (χ4v) is 3.95. The third-order valence-electron chi connectivity index (χ3n) is 6.09. The smallest absolute Gasteiger partial charge is 0.287 e. The maximum atomic E-state index is 12.7. The Kier molecular flexibility index (Phi) is 4.86. The zero-order chi connectivity index (χ0) is 19.0. The number of hydrogen-bond donors (Lipinski definition) is 1. The molecule has 0 spiro atoms. The number of furan rings is 1. The number of ether oxygens (including phenoxy) is 1. The summed E-state index contributed by atoms with van der Waals surface area (Å²) in [5.74, 6) is 1.02. The van der Waals surface area contributed by atoms with E-state index in [4.69, 9.17) is 9.15 Å². The summed E-state index contributed by atoms with van der Waals surface area (Å²) in [6.45, 7) is 8.24. The summed E-state index contributed by atoms with van der Waals surface area (Å²) < 4.78 is 11.1. The number of nitrogens with zero attached hydrogens (tertiary/aromatic N) is 2. The van der Waals surface area contributed by atoms with E-state index in [1.54, 1.807) is 7.11 Å². The molecule has 27 heavy (non-hydrogen) atoms. The van der Waals surface area contributed by atoms with Crippen molar-refractivity contribution in [3.05, 3.63) is 29.5 Å². The van der Waals surface area contributed by atoms with Crippen LogP contribution in [-0.4, -0.2) is 69.1 Å². The highest BCUT2D eigenvalue weighted by Gasteiger charge is 2.44. The van der Waals surface area contributed by atoms with E-state index in [1.165, 1.54) is 12.8 Å². The maximum absolute atomic E-state index is 12.7. The van der Waals surface area contributed by atoms with Gasteiger partial charge < -0.3 is 24.3 Å². The molecule has 1 aromatic carbocycles. The summed E-state index contributed by atoms with van der Waals surface area (Å²) in [5.41, 5.74) is 1.82. The second-order valence-corrected chi connectivity index (χ2v) is 8.18. The van der Waals surface area contributed by atoms with Gasteiger partial charge in [0.15, 0.2) is 5.76 Å². The van der Waals surface area contributed by atoms with Crippen molar-refractivity contribution in [1.82, 2.24) is 15.1 Å². The second-order valence-electron chi connectivity index (χ2n) is 8.18. The van der Waals surface area contributed by atoms with Crippen molar-refractivity contribution < 1.29 is 13.9 Å².